The minimum atomic E-state index is -1.03. The zero-order valence-electron chi connectivity index (χ0n) is 15.5. The second kappa shape index (κ2) is 5.95. The second-order valence-electron chi connectivity index (χ2n) is 7.69. The summed E-state index contributed by atoms with van der Waals surface area (Å²) in [5.41, 5.74) is 0.473. The van der Waals surface area contributed by atoms with Crippen molar-refractivity contribution in [1.29, 1.82) is 0 Å². The largest absolute Gasteiger partial charge is 0.508 e. The Hall–Kier alpha value is -2.13. The first-order valence-corrected chi connectivity index (χ1v) is 9.05. The van der Waals surface area contributed by atoms with Crippen molar-refractivity contribution in [2.24, 2.45) is 10.8 Å². The SMILES string of the molecule is C=CC1=CCC2(C)C(=O)C(C)=C(C)C(=O)C2(C)C1c1cc(Cl)ccc1O. The maximum Gasteiger partial charge on any atom is 0.166 e. The molecular formula is C22H23ClO3. The van der Waals surface area contributed by atoms with Crippen LogP contribution in [0.25, 0.3) is 0 Å². The molecule has 0 heterocycles. The van der Waals surface area contributed by atoms with Gasteiger partial charge in [-0.25, -0.2) is 0 Å². The van der Waals surface area contributed by atoms with Crippen molar-refractivity contribution in [3.63, 3.8) is 0 Å². The van der Waals surface area contributed by atoms with Gasteiger partial charge in [0.25, 0.3) is 0 Å². The fourth-order valence-corrected chi connectivity index (χ4v) is 4.79. The molecule has 0 saturated carbocycles. The molecule has 0 saturated heterocycles. The van der Waals surface area contributed by atoms with Crippen molar-refractivity contribution in [1.82, 2.24) is 0 Å². The van der Waals surface area contributed by atoms with E-state index in [1.807, 2.05) is 19.9 Å². The number of phenols is 1. The average Bonchev–Trinajstić information content (AvgIpc) is 2.62. The van der Waals surface area contributed by atoms with Crippen LogP contribution in [-0.2, 0) is 9.59 Å². The van der Waals surface area contributed by atoms with Gasteiger partial charge in [-0.15, -0.1) is 0 Å². The van der Waals surface area contributed by atoms with Gasteiger partial charge in [-0.05, 0) is 55.2 Å². The molecule has 26 heavy (non-hydrogen) atoms. The van der Waals surface area contributed by atoms with Crippen molar-refractivity contribution < 1.29 is 14.7 Å². The number of ketones is 2. The molecule has 1 aromatic carbocycles. The van der Waals surface area contributed by atoms with Gasteiger partial charge in [0.05, 0.1) is 5.41 Å². The number of aromatic hydroxyl groups is 1. The molecule has 1 N–H and O–H groups in total. The van der Waals surface area contributed by atoms with Crippen LogP contribution in [0.1, 0.15) is 45.6 Å². The third-order valence-electron chi connectivity index (χ3n) is 6.56. The molecular weight excluding hydrogens is 348 g/mol. The predicted molar refractivity (Wildman–Crippen MR) is 103 cm³/mol. The molecule has 3 nitrogen and oxygen atoms in total. The highest BCUT2D eigenvalue weighted by molar-refractivity contribution is 6.30. The molecule has 0 radical (unpaired) electrons. The Morgan fingerprint density at radius 3 is 2.42 bits per heavy atom. The molecule has 3 unspecified atom stereocenters. The summed E-state index contributed by atoms with van der Waals surface area (Å²) in [7, 11) is 0. The molecule has 136 valence electrons. The standard InChI is InChI=1S/C22H23ClO3/c1-6-14-9-10-21(4)19(25)12(2)13(3)20(26)22(21,5)18(14)16-11-15(23)7-8-17(16)24/h6-9,11,18,24H,1,10H2,2-5H3. The summed E-state index contributed by atoms with van der Waals surface area (Å²) in [6, 6.07) is 4.80. The van der Waals surface area contributed by atoms with Crippen LogP contribution in [-0.4, -0.2) is 16.7 Å². The van der Waals surface area contributed by atoms with E-state index < -0.39 is 16.7 Å². The normalized spacial score (nSPS) is 31.6. The number of carbonyl (C=O) groups excluding carboxylic acids is 2. The van der Waals surface area contributed by atoms with Crippen LogP contribution < -0.4 is 0 Å². The smallest absolute Gasteiger partial charge is 0.166 e. The number of phenolic OH excluding ortho intramolecular Hbond substituents is 1. The van der Waals surface area contributed by atoms with Crippen LogP contribution in [0.5, 0.6) is 5.75 Å². The van der Waals surface area contributed by atoms with Crippen LogP contribution in [0.4, 0.5) is 0 Å². The van der Waals surface area contributed by atoms with E-state index >= 15 is 0 Å². The van der Waals surface area contributed by atoms with E-state index in [9.17, 15) is 14.7 Å². The van der Waals surface area contributed by atoms with Crippen LogP contribution in [0.2, 0.25) is 5.02 Å². The third kappa shape index (κ3) is 2.20. The zero-order valence-corrected chi connectivity index (χ0v) is 16.3. The number of halogens is 1. The van der Waals surface area contributed by atoms with Gasteiger partial charge in [-0.3, -0.25) is 9.59 Å². The van der Waals surface area contributed by atoms with Crippen molar-refractivity contribution in [2.75, 3.05) is 0 Å². The highest BCUT2D eigenvalue weighted by Gasteiger charge is 2.63. The van der Waals surface area contributed by atoms with Crippen molar-refractivity contribution in [2.45, 2.75) is 40.0 Å². The Morgan fingerprint density at radius 2 is 1.81 bits per heavy atom. The molecule has 0 bridgehead atoms. The monoisotopic (exact) mass is 370 g/mol. The van der Waals surface area contributed by atoms with E-state index in [0.29, 0.717) is 28.2 Å². The summed E-state index contributed by atoms with van der Waals surface area (Å²) in [5.74, 6) is -0.518. The van der Waals surface area contributed by atoms with E-state index in [1.165, 1.54) is 6.07 Å². The van der Waals surface area contributed by atoms with Crippen LogP contribution in [0, 0.1) is 10.8 Å². The summed E-state index contributed by atoms with van der Waals surface area (Å²) < 4.78 is 0. The first kappa shape index (κ1) is 18.7. The van der Waals surface area contributed by atoms with Gasteiger partial charge in [0.1, 0.15) is 5.75 Å². The Kier molecular flexibility index (Phi) is 4.27. The molecule has 0 aromatic heterocycles. The molecule has 2 aliphatic rings. The van der Waals surface area contributed by atoms with Crippen molar-refractivity contribution >= 4 is 23.2 Å². The first-order chi connectivity index (χ1) is 12.1. The van der Waals surface area contributed by atoms with E-state index in [4.69, 9.17) is 11.6 Å². The average molecular weight is 371 g/mol. The minimum absolute atomic E-state index is 0.0111. The number of fused-ring (bicyclic) bond motifs is 1. The Balaban J connectivity index is 2.38. The Bertz CT molecular complexity index is 908. The predicted octanol–water partition coefficient (Wildman–Crippen LogP) is 5.15. The lowest BCUT2D eigenvalue weighted by Gasteiger charge is -2.54. The molecule has 0 fully saturated rings. The number of benzene rings is 1. The Morgan fingerprint density at radius 1 is 1.19 bits per heavy atom. The lowest BCUT2D eigenvalue weighted by Crippen LogP contribution is -2.57. The van der Waals surface area contributed by atoms with Gasteiger partial charge < -0.3 is 5.11 Å². The van der Waals surface area contributed by atoms with Gasteiger partial charge in [0.15, 0.2) is 11.6 Å². The number of hydrogen-bond acceptors (Lipinski definition) is 3. The zero-order chi connectivity index (χ0) is 19.4. The number of carbonyl (C=O) groups is 2. The topological polar surface area (TPSA) is 54.4 Å². The fraction of sp³-hybridized carbons (Fsp3) is 0.364. The Labute approximate surface area is 159 Å². The molecule has 4 heteroatoms. The van der Waals surface area contributed by atoms with Gasteiger partial charge in [-0.1, -0.05) is 44.2 Å². The summed E-state index contributed by atoms with van der Waals surface area (Å²) in [6.07, 6.45) is 4.12. The first-order valence-electron chi connectivity index (χ1n) is 8.67. The van der Waals surface area contributed by atoms with Crippen LogP contribution >= 0.6 is 11.6 Å². The van der Waals surface area contributed by atoms with Gasteiger partial charge in [-0.2, -0.15) is 0 Å². The number of Topliss-reactive ketones (excluding diaryl/α,β-unsaturated/α-hetero) is 2. The maximum atomic E-state index is 13.5. The fourth-order valence-electron chi connectivity index (χ4n) is 4.61. The minimum Gasteiger partial charge on any atom is -0.508 e. The molecule has 3 rings (SSSR count). The van der Waals surface area contributed by atoms with E-state index in [-0.39, 0.29) is 17.3 Å². The van der Waals surface area contributed by atoms with E-state index in [2.05, 4.69) is 6.58 Å². The lowest BCUT2D eigenvalue weighted by atomic mass is 9.45. The highest BCUT2D eigenvalue weighted by Crippen LogP contribution is 2.62. The number of rotatable bonds is 2. The summed E-state index contributed by atoms with van der Waals surface area (Å²) >= 11 is 6.18. The molecule has 0 aliphatic heterocycles. The third-order valence-corrected chi connectivity index (χ3v) is 6.79. The van der Waals surface area contributed by atoms with Crippen LogP contribution in [0.3, 0.4) is 0 Å². The summed E-state index contributed by atoms with van der Waals surface area (Å²) in [5, 5.41) is 11.0. The molecule has 0 amide bonds. The van der Waals surface area contributed by atoms with E-state index in [0.717, 1.165) is 5.57 Å². The van der Waals surface area contributed by atoms with Crippen molar-refractivity contribution in [3.05, 3.63) is 64.2 Å². The lowest BCUT2D eigenvalue weighted by molar-refractivity contribution is -0.147. The maximum absolute atomic E-state index is 13.5. The quantitative estimate of drug-likeness (QED) is 0.783. The van der Waals surface area contributed by atoms with Crippen LogP contribution in [0.15, 0.2) is 53.6 Å². The summed E-state index contributed by atoms with van der Waals surface area (Å²) in [4.78, 5) is 26.7. The van der Waals surface area contributed by atoms with Gasteiger partial charge in [0, 0.05) is 21.9 Å². The van der Waals surface area contributed by atoms with Gasteiger partial charge in [0.2, 0.25) is 0 Å². The molecule has 0 spiro atoms. The molecule has 2 aliphatic carbocycles. The van der Waals surface area contributed by atoms with Crippen molar-refractivity contribution in [3.8, 4) is 5.75 Å². The van der Waals surface area contributed by atoms with E-state index in [1.54, 1.807) is 32.1 Å². The summed E-state index contributed by atoms with van der Waals surface area (Å²) in [6.45, 7) is 11.0. The second-order valence-corrected chi connectivity index (χ2v) is 8.13. The molecule has 1 aromatic rings. The highest BCUT2D eigenvalue weighted by atomic mass is 35.5. The number of allylic oxidation sites excluding steroid dienone is 5. The van der Waals surface area contributed by atoms with Gasteiger partial charge >= 0.3 is 0 Å². The number of hydrogen-bond donors (Lipinski definition) is 1. The molecule has 3 atom stereocenters.